The molecule has 1 aromatic rings. The normalized spacial score (nSPS) is 18.5. The number of alkyl halides is 3. The van der Waals surface area contributed by atoms with Gasteiger partial charge >= 0.3 is 6.18 Å². The number of aryl methyl sites for hydroxylation is 1. The Kier molecular flexibility index (Phi) is 5.98. The minimum absolute atomic E-state index is 0.340. The van der Waals surface area contributed by atoms with Crippen molar-refractivity contribution in [2.24, 2.45) is 5.92 Å². The van der Waals surface area contributed by atoms with Crippen LogP contribution in [0.1, 0.15) is 24.0 Å². The molecule has 136 valence electrons. The van der Waals surface area contributed by atoms with E-state index in [0.29, 0.717) is 44.0 Å². The van der Waals surface area contributed by atoms with Crippen LogP contribution in [0.25, 0.3) is 0 Å². The van der Waals surface area contributed by atoms with Gasteiger partial charge in [-0.25, -0.2) is 0 Å². The van der Waals surface area contributed by atoms with Crippen LogP contribution in [-0.4, -0.2) is 49.6 Å². The molecule has 0 spiro atoms. The first-order valence-electron chi connectivity index (χ1n) is 7.95. The van der Waals surface area contributed by atoms with Gasteiger partial charge in [0.2, 0.25) is 0 Å². The number of rotatable bonds is 5. The van der Waals surface area contributed by atoms with Gasteiger partial charge in [-0.05, 0) is 62.0 Å². The van der Waals surface area contributed by atoms with Gasteiger partial charge in [0.05, 0.1) is 14.2 Å². The maximum absolute atomic E-state index is 12.6. The lowest BCUT2D eigenvalue weighted by Crippen LogP contribution is -2.43. The molecule has 7 heteroatoms. The minimum Gasteiger partial charge on any atom is -0.493 e. The lowest BCUT2D eigenvalue weighted by molar-refractivity contribution is -0.223. The smallest absolute Gasteiger partial charge is 0.414 e. The fourth-order valence-corrected chi connectivity index (χ4v) is 3.13. The van der Waals surface area contributed by atoms with Gasteiger partial charge in [0.15, 0.2) is 17.6 Å². The van der Waals surface area contributed by atoms with Crippen LogP contribution < -0.4 is 9.47 Å². The summed E-state index contributed by atoms with van der Waals surface area (Å²) in [6, 6.07) is 3.80. The van der Waals surface area contributed by atoms with Gasteiger partial charge in [0.25, 0.3) is 0 Å². The number of nitrogens with zero attached hydrogens (tertiary/aromatic N) is 1. The summed E-state index contributed by atoms with van der Waals surface area (Å²) >= 11 is 0. The highest BCUT2D eigenvalue weighted by atomic mass is 19.4. The van der Waals surface area contributed by atoms with E-state index in [0.717, 1.165) is 11.1 Å². The number of benzene rings is 1. The van der Waals surface area contributed by atoms with Crippen molar-refractivity contribution in [1.29, 1.82) is 0 Å². The van der Waals surface area contributed by atoms with Crippen molar-refractivity contribution in [3.05, 3.63) is 23.3 Å². The Balaban J connectivity index is 1.99. The predicted molar refractivity (Wildman–Crippen MR) is 84.3 cm³/mol. The average Bonchev–Trinajstić information content (AvgIpc) is 2.55. The average molecular weight is 347 g/mol. The van der Waals surface area contributed by atoms with E-state index in [4.69, 9.17) is 9.47 Å². The molecule has 1 heterocycles. The molecular formula is C17H24F3NO3. The number of aliphatic hydroxyl groups excluding tert-OH is 1. The van der Waals surface area contributed by atoms with Crippen LogP contribution >= 0.6 is 0 Å². The maximum Gasteiger partial charge on any atom is 0.414 e. The van der Waals surface area contributed by atoms with Crippen molar-refractivity contribution in [2.75, 3.05) is 27.3 Å². The molecule has 1 fully saturated rings. The Bertz CT molecular complexity index is 555. The molecule has 1 atom stereocenters. The zero-order valence-corrected chi connectivity index (χ0v) is 14.2. The number of likely N-dealkylation sites (tertiary alicyclic amines) is 1. The molecule has 24 heavy (non-hydrogen) atoms. The number of methoxy groups -OCH3 is 2. The molecule has 0 saturated carbocycles. The van der Waals surface area contributed by atoms with Gasteiger partial charge in [0, 0.05) is 6.54 Å². The number of piperidine rings is 1. The van der Waals surface area contributed by atoms with Crippen molar-refractivity contribution < 1.29 is 27.8 Å². The van der Waals surface area contributed by atoms with Crippen molar-refractivity contribution in [3.8, 4) is 11.5 Å². The predicted octanol–water partition coefficient (Wildman–Crippen LogP) is 3.15. The third kappa shape index (κ3) is 4.33. The van der Waals surface area contributed by atoms with Crippen LogP contribution in [0.4, 0.5) is 13.2 Å². The highest BCUT2D eigenvalue weighted by molar-refractivity contribution is 5.47. The summed E-state index contributed by atoms with van der Waals surface area (Å²) in [5.41, 5.74) is 2.10. The molecule has 1 aliphatic heterocycles. The Labute approximate surface area is 140 Å². The molecule has 1 unspecified atom stereocenters. The van der Waals surface area contributed by atoms with E-state index in [1.165, 1.54) is 0 Å². The van der Waals surface area contributed by atoms with E-state index in [-0.39, 0.29) is 0 Å². The molecule has 0 aromatic heterocycles. The number of hydrogen-bond acceptors (Lipinski definition) is 4. The summed E-state index contributed by atoms with van der Waals surface area (Å²) in [7, 11) is 3.15. The molecule has 1 aliphatic rings. The van der Waals surface area contributed by atoms with Crippen molar-refractivity contribution in [3.63, 3.8) is 0 Å². The summed E-state index contributed by atoms with van der Waals surface area (Å²) in [4.78, 5) is 2.11. The maximum atomic E-state index is 12.6. The largest absolute Gasteiger partial charge is 0.493 e. The molecule has 0 radical (unpaired) electrons. The summed E-state index contributed by atoms with van der Waals surface area (Å²) < 4.78 is 48.4. The summed E-state index contributed by atoms with van der Waals surface area (Å²) in [5, 5.41) is 9.38. The zero-order valence-electron chi connectivity index (χ0n) is 14.2. The Hall–Kier alpha value is -1.47. The first-order chi connectivity index (χ1) is 11.3. The van der Waals surface area contributed by atoms with Crippen LogP contribution in [0.3, 0.4) is 0 Å². The van der Waals surface area contributed by atoms with E-state index in [9.17, 15) is 18.3 Å². The number of ether oxygens (including phenoxy) is 2. The third-order valence-electron chi connectivity index (χ3n) is 4.65. The first kappa shape index (κ1) is 18.9. The summed E-state index contributed by atoms with van der Waals surface area (Å²) in [6.45, 7) is 3.68. The molecule has 0 amide bonds. The Morgan fingerprint density at radius 1 is 1.17 bits per heavy atom. The van der Waals surface area contributed by atoms with E-state index >= 15 is 0 Å². The topological polar surface area (TPSA) is 41.9 Å². The zero-order chi connectivity index (χ0) is 17.9. The van der Waals surface area contributed by atoms with Crippen molar-refractivity contribution >= 4 is 0 Å². The second-order valence-corrected chi connectivity index (χ2v) is 6.23. The number of halogens is 3. The van der Waals surface area contributed by atoms with Crippen LogP contribution in [0.2, 0.25) is 0 Å². The van der Waals surface area contributed by atoms with Crippen molar-refractivity contribution in [2.45, 2.75) is 38.6 Å². The van der Waals surface area contributed by atoms with Gasteiger partial charge in [-0.2, -0.15) is 13.2 Å². The van der Waals surface area contributed by atoms with E-state index < -0.39 is 18.2 Å². The van der Waals surface area contributed by atoms with Gasteiger partial charge < -0.3 is 14.6 Å². The molecule has 2 rings (SSSR count). The molecule has 4 nitrogen and oxygen atoms in total. The summed E-state index contributed by atoms with van der Waals surface area (Å²) in [5.74, 6) is 0.582. The van der Waals surface area contributed by atoms with Crippen LogP contribution in [0, 0.1) is 12.8 Å². The number of aliphatic hydroxyl groups is 1. The minimum atomic E-state index is -4.53. The monoisotopic (exact) mass is 347 g/mol. The molecule has 1 aromatic carbocycles. The molecule has 1 N–H and O–H groups in total. The SMILES string of the molecule is COc1cc(C)c(CN2CCC(C(O)C(F)(F)F)CC2)cc1OC. The van der Waals surface area contributed by atoms with Crippen LogP contribution in [-0.2, 0) is 6.54 Å². The third-order valence-corrected chi connectivity index (χ3v) is 4.65. The number of hydrogen-bond donors (Lipinski definition) is 1. The fraction of sp³-hybridized carbons (Fsp3) is 0.647. The fourth-order valence-electron chi connectivity index (χ4n) is 3.13. The van der Waals surface area contributed by atoms with E-state index in [1.807, 2.05) is 19.1 Å². The lowest BCUT2D eigenvalue weighted by atomic mass is 9.90. The van der Waals surface area contributed by atoms with Crippen LogP contribution in [0.5, 0.6) is 11.5 Å². The molecule has 1 saturated heterocycles. The van der Waals surface area contributed by atoms with Crippen molar-refractivity contribution in [1.82, 2.24) is 4.90 Å². The van der Waals surface area contributed by atoms with Gasteiger partial charge in [-0.15, -0.1) is 0 Å². The Morgan fingerprint density at radius 3 is 2.21 bits per heavy atom. The van der Waals surface area contributed by atoms with Crippen LogP contribution in [0.15, 0.2) is 12.1 Å². The lowest BCUT2D eigenvalue weighted by Gasteiger charge is -2.35. The second kappa shape index (κ2) is 7.61. The first-order valence-corrected chi connectivity index (χ1v) is 7.95. The highest BCUT2D eigenvalue weighted by Crippen LogP contribution is 2.34. The van der Waals surface area contributed by atoms with Gasteiger partial charge in [0.1, 0.15) is 0 Å². The van der Waals surface area contributed by atoms with Gasteiger partial charge in [-0.1, -0.05) is 0 Å². The molecule has 0 bridgehead atoms. The van der Waals surface area contributed by atoms with Gasteiger partial charge in [-0.3, -0.25) is 4.90 Å². The summed E-state index contributed by atoms with van der Waals surface area (Å²) in [6.07, 6.45) is -6.07. The molecule has 0 aliphatic carbocycles. The Morgan fingerprint density at radius 2 is 1.71 bits per heavy atom. The standard InChI is InChI=1S/C17H24F3NO3/c1-11-8-14(23-2)15(24-3)9-13(11)10-21-6-4-12(5-7-21)16(22)17(18,19)20/h8-9,12,16,22H,4-7,10H2,1-3H3. The molecular weight excluding hydrogens is 323 g/mol. The van der Waals surface area contributed by atoms with E-state index in [2.05, 4.69) is 4.90 Å². The quantitative estimate of drug-likeness (QED) is 0.889. The second-order valence-electron chi connectivity index (χ2n) is 6.23. The van der Waals surface area contributed by atoms with E-state index in [1.54, 1.807) is 14.2 Å². The highest BCUT2D eigenvalue weighted by Gasteiger charge is 2.44.